The topological polar surface area (TPSA) is 409 Å². The van der Waals surface area contributed by atoms with Gasteiger partial charge in [-0.15, -0.1) is 0 Å². The van der Waals surface area contributed by atoms with Gasteiger partial charge in [0.15, 0.2) is 11.6 Å². The SMILES string of the molecule is CC(C)(C)OC(=O)NCc1noc(C2=CCc3ncccc32)n1.CC(N)c1ccc(C(F)(F)F)cc1.CC(c1ccc(C(F)(F)F)cc1)n1cccc(C(=O)NCc2noc(C3=CCc4ncccc43)n2)c1=O.CCC(C)O.CCOC(=O)C(=C/C=C/OC)C(=O)OCC.CCOC(=O)c1cccn(C(C)c2ccc(C)cc2)c1=O.Cc1ccc(C(C)n2cccc(C(=O)O)c2=O)cc1. The molecule has 0 fully saturated rings. The van der Waals surface area contributed by atoms with Crippen molar-refractivity contribution in [2.24, 2.45) is 5.73 Å². The molecule has 0 saturated carbocycles. The number of aryl methyl sites for hydroxylation is 2. The molecular formula is C98H108F6N12O18. The molecule has 2 amide bonds. The number of ether oxygens (including phenoxy) is 5. The molecule has 134 heavy (non-hydrogen) atoms. The number of aliphatic hydroxyl groups is 1. The number of hydrogen-bond acceptors (Lipinski definition) is 24. The predicted molar refractivity (Wildman–Crippen MR) is 487 cm³/mol. The summed E-state index contributed by atoms with van der Waals surface area (Å²) in [6.45, 7) is 26.1. The number of nitrogens with one attached hydrogen (secondary N) is 2. The largest absolute Gasteiger partial charge is 0.504 e. The first-order valence-electron chi connectivity index (χ1n) is 42.4. The molecule has 13 rings (SSSR count). The zero-order chi connectivity index (χ0) is 98.7. The quantitative estimate of drug-likeness (QED) is 0.00548. The Kier molecular flexibility index (Phi) is 40.1. The number of methoxy groups -OCH3 is 1. The third-order valence-corrected chi connectivity index (χ3v) is 19.8. The second-order valence-electron chi connectivity index (χ2n) is 30.9. The number of amides is 2. The number of allylic oxidation sites excluding steroid dienone is 4. The van der Waals surface area contributed by atoms with Crippen molar-refractivity contribution in [2.45, 2.75) is 178 Å². The first-order valence-corrected chi connectivity index (χ1v) is 42.4. The lowest BCUT2D eigenvalue weighted by Gasteiger charge is -2.19. The van der Waals surface area contributed by atoms with Gasteiger partial charge in [0, 0.05) is 72.1 Å². The van der Waals surface area contributed by atoms with Crippen molar-refractivity contribution in [3.63, 3.8) is 0 Å². The average Bonchev–Trinajstić information content (AvgIpc) is 1.38. The Morgan fingerprint density at radius 1 is 0.530 bits per heavy atom. The Balaban J connectivity index is 0.000000224. The number of carbonyl (C=O) groups excluding carboxylic acids is 5. The third-order valence-electron chi connectivity index (χ3n) is 19.8. The van der Waals surface area contributed by atoms with Crippen LogP contribution in [0, 0.1) is 13.8 Å². The minimum atomic E-state index is -4.45. The van der Waals surface area contributed by atoms with Crippen LogP contribution in [-0.2, 0) is 71.6 Å². The molecule has 7 aromatic heterocycles. The summed E-state index contributed by atoms with van der Waals surface area (Å²) >= 11 is 0. The fourth-order valence-electron chi connectivity index (χ4n) is 12.4. The van der Waals surface area contributed by atoms with Gasteiger partial charge in [-0.05, 0) is 204 Å². The fraction of sp³-hybridized carbons (Fsp3) is 0.316. The molecule has 710 valence electrons. The highest BCUT2D eigenvalue weighted by atomic mass is 19.4. The number of alkyl carbamates (subject to hydrolysis) is 1. The van der Waals surface area contributed by atoms with E-state index in [1.54, 1.807) is 104 Å². The molecule has 0 spiro atoms. The molecule has 11 aromatic rings. The van der Waals surface area contributed by atoms with Crippen LogP contribution in [0.1, 0.15) is 235 Å². The monoisotopic (exact) mass is 1850 g/mol. The summed E-state index contributed by atoms with van der Waals surface area (Å²) in [6.07, 6.45) is 9.17. The Bertz CT molecular complexity index is 6070. The number of hydrogen-bond donors (Lipinski definition) is 5. The molecule has 4 aromatic carbocycles. The van der Waals surface area contributed by atoms with Gasteiger partial charge in [0.1, 0.15) is 27.9 Å². The Morgan fingerprint density at radius 2 is 0.910 bits per heavy atom. The molecule has 0 aliphatic heterocycles. The van der Waals surface area contributed by atoms with Crippen molar-refractivity contribution in [1.82, 2.24) is 54.6 Å². The number of aliphatic hydroxyl groups excluding tert-OH is 1. The standard InChI is InChI=1S/C26H20F3N5O3.C17H19NO3.C16H18N4O3.C15H15NO3.C11H16O5.C9H10F3N.C4H10O/c1-15(16-6-8-17(9-7-16)26(27,28)29)34-13-3-5-20(25(34)36)23(35)31-14-22-32-24(37-33-22)19-10-11-21-18(19)4-2-12-30-21;1-4-21-17(20)15-6-5-11-18(16(15)19)13(3)14-9-7-12(2)8-10-14;1-16(2,3)22-15(21)18-9-13-19-14(23-20-13)11-6-7-12-10(11)5-4-8-17-12;1-10-5-7-12(8-6-10)11(2)16-9-3-4-13(14(16)17)15(18)19;1-4-15-10(12)9(7-6-8-14-3)11(13)16-5-2;1-6(13)7-2-4-8(5-3-7)9(10,11)12;1-3-4(2)5/h2-10,12-13,15H,11,14H2,1H3,(H,31,35);5-11,13H,4H2,1-3H3;4-6,8H,7,9H2,1-3H3,(H,18,21);3-9,11H,1-2H3,(H,18,19);6-8H,4-5H2,1-3H3;2-6H,13H2,1H3;4-5H,3H2,1-2H3/b;;;;8-6+;;. The number of aromatic nitrogens is 9. The van der Waals surface area contributed by atoms with Crippen molar-refractivity contribution in [1.29, 1.82) is 0 Å². The summed E-state index contributed by atoms with van der Waals surface area (Å²) < 4.78 is 114. The molecule has 7 heterocycles. The number of fused-ring (bicyclic) bond motifs is 2. The van der Waals surface area contributed by atoms with E-state index in [1.807, 2.05) is 120 Å². The van der Waals surface area contributed by atoms with Crippen LogP contribution in [0.25, 0.3) is 11.1 Å². The number of halogens is 6. The van der Waals surface area contributed by atoms with Gasteiger partial charge in [-0.2, -0.15) is 36.3 Å². The minimum absolute atomic E-state index is 0.0679. The number of alkyl halides is 6. The maximum absolute atomic E-state index is 13.0. The first kappa shape index (κ1) is 106. The van der Waals surface area contributed by atoms with Crippen LogP contribution in [0.15, 0.2) is 248 Å². The number of rotatable bonds is 24. The summed E-state index contributed by atoms with van der Waals surface area (Å²) in [5, 5.41) is 30.3. The molecule has 5 unspecified atom stereocenters. The van der Waals surface area contributed by atoms with Crippen LogP contribution in [0.2, 0.25) is 0 Å². The van der Waals surface area contributed by atoms with E-state index in [0.717, 1.165) is 87.5 Å². The number of aromatic carboxylic acids is 1. The van der Waals surface area contributed by atoms with Crippen LogP contribution in [0.4, 0.5) is 31.1 Å². The van der Waals surface area contributed by atoms with Gasteiger partial charge in [0.2, 0.25) is 0 Å². The minimum Gasteiger partial charge on any atom is -0.504 e. The van der Waals surface area contributed by atoms with Gasteiger partial charge in [-0.25, -0.2) is 24.0 Å². The predicted octanol–water partition coefficient (Wildman–Crippen LogP) is 16.8. The van der Waals surface area contributed by atoms with Crippen molar-refractivity contribution < 1.29 is 98.1 Å². The van der Waals surface area contributed by atoms with E-state index in [4.69, 9.17) is 43.9 Å². The van der Waals surface area contributed by atoms with Gasteiger partial charge in [-0.3, -0.25) is 29.1 Å². The van der Waals surface area contributed by atoms with Crippen molar-refractivity contribution in [3.05, 3.63) is 363 Å². The summed E-state index contributed by atoms with van der Waals surface area (Å²) in [7, 11) is 1.46. The van der Waals surface area contributed by atoms with Crippen LogP contribution in [0.5, 0.6) is 0 Å². The molecular weight excluding hydrogens is 1750 g/mol. The number of carbonyl (C=O) groups is 6. The van der Waals surface area contributed by atoms with Crippen molar-refractivity contribution >= 4 is 47.0 Å². The van der Waals surface area contributed by atoms with E-state index >= 15 is 0 Å². The zero-order valence-corrected chi connectivity index (χ0v) is 76.6. The maximum atomic E-state index is 13.0. The summed E-state index contributed by atoms with van der Waals surface area (Å²) in [5.74, 6) is -2.46. The van der Waals surface area contributed by atoms with E-state index < -0.39 is 82.1 Å². The second-order valence-corrected chi connectivity index (χ2v) is 30.9. The van der Waals surface area contributed by atoms with Crippen molar-refractivity contribution in [3.8, 4) is 0 Å². The molecule has 0 radical (unpaired) electrons. The van der Waals surface area contributed by atoms with Gasteiger partial charge in [0.05, 0.1) is 93.0 Å². The Morgan fingerprint density at radius 3 is 1.29 bits per heavy atom. The number of carboxylic acids is 1. The molecule has 5 atom stereocenters. The van der Waals surface area contributed by atoms with Gasteiger partial charge in [0.25, 0.3) is 34.4 Å². The van der Waals surface area contributed by atoms with Gasteiger partial charge >= 0.3 is 42.3 Å². The smallest absolute Gasteiger partial charge is 0.416 e. The lowest BCUT2D eigenvalue weighted by Crippen LogP contribution is -2.34. The number of esters is 3. The van der Waals surface area contributed by atoms with E-state index in [9.17, 15) is 69.5 Å². The van der Waals surface area contributed by atoms with Crippen LogP contribution >= 0.6 is 0 Å². The summed E-state index contributed by atoms with van der Waals surface area (Å²) in [5.41, 5.74) is 12.7. The second kappa shape index (κ2) is 50.6. The molecule has 0 bridgehead atoms. The molecule has 6 N–H and O–H groups in total. The fourth-order valence-corrected chi connectivity index (χ4v) is 12.4. The highest BCUT2D eigenvalue weighted by Crippen LogP contribution is 2.34. The van der Waals surface area contributed by atoms with Gasteiger partial charge in [-0.1, -0.05) is 125 Å². The van der Waals surface area contributed by atoms with E-state index in [0.29, 0.717) is 35.2 Å². The lowest BCUT2D eigenvalue weighted by molar-refractivity contribution is -0.146. The molecule has 2 aliphatic rings. The number of pyridine rings is 5. The van der Waals surface area contributed by atoms with Crippen LogP contribution < -0.4 is 33.0 Å². The maximum Gasteiger partial charge on any atom is 0.416 e. The lowest BCUT2D eigenvalue weighted by atomic mass is 10.1. The molecule has 36 heteroatoms. The molecule has 30 nitrogen and oxygen atoms in total. The Labute approximate surface area is 769 Å². The average molecular weight is 1860 g/mol. The number of nitrogens with two attached hydrogens (primary N) is 1. The van der Waals surface area contributed by atoms with E-state index in [1.165, 1.54) is 94.9 Å². The third kappa shape index (κ3) is 31.5. The van der Waals surface area contributed by atoms with E-state index in [2.05, 4.69) is 45.6 Å². The number of carboxylic acid groups (broad SMARTS) is 1. The molecule has 2 aliphatic carbocycles. The Hall–Kier alpha value is -14.8. The number of benzene rings is 4. The normalized spacial score (nSPS) is 12.8. The summed E-state index contributed by atoms with van der Waals surface area (Å²) in [4.78, 5) is 125. The zero-order valence-electron chi connectivity index (χ0n) is 76.6. The highest BCUT2D eigenvalue weighted by molar-refractivity contribution is 6.14. The number of nitrogens with zero attached hydrogens (tertiary/aromatic N) is 9. The molecule has 0 saturated heterocycles. The first-order chi connectivity index (χ1) is 63.5. The van der Waals surface area contributed by atoms with Crippen molar-refractivity contribution in [2.75, 3.05) is 26.9 Å². The van der Waals surface area contributed by atoms with Crippen LogP contribution in [0.3, 0.4) is 0 Å². The summed E-state index contributed by atoms with van der Waals surface area (Å²) in [6, 6.07) is 40.7. The van der Waals surface area contributed by atoms with E-state index in [-0.39, 0.29) is 90.8 Å². The highest BCUT2D eigenvalue weighted by Gasteiger charge is 2.33. The van der Waals surface area contributed by atoms with Gasteiger partial charge < -0.3 is 73.0 Å². The van der Waals surface area contributed by atoms with Crippen LogP contribution in [-0.4, -0.2) is 129 Å².